The van der Waals surface area contributed by atoms with E-state index >= 15 is 0 Å². The lowest BCUT2D eigenvalue weighted by molar-refractivity contribution is 1.40. The molecule has 4 rings (SSSR count). The van der Waals surface area contributed by atoms with E-state index in [1.807, 2.05) is 12.3 Å². The van der Waals surface area contributed by atoms with E-state index in [1.165, 1.54) is 27.4 Å². The van der Waals surface area contributed by atoms with Crippen LogP contribution >= 0.6 is 0 Å². The van der Waals surface area contributed by atoms with Gasteiger partial charge in [0.15, 0.2) is 0 Å². The Kier molecular flexibility index (Phi) is 1.86. The van der Waals surface area contributed by atoms with Crippen LogP contribution in [0.5, 0.6) is 0 Å². The van der Waals surface area contributed by atoms with Crippen LogP contribution in [0.1, 0.15) is 0 Å². The maximum atomic E-state index is 3.51. The summed E-state index contributed by atoms with van der Waals surface area (Å²) in [6, 6.07) is 19.0. The lowest BCUT2D eigenvalue weighted by atomic mass is 10.1. The first-order valence-corrected chi connectivity index (χ1v) is 6.07. The molecular weight excluding hydrogens is 220 g/mol. The number of fused-ring (bicyclic) bond motifs is 3. The molecule has 86 valence electrons. The highest BCUT2D eigenvalue weighted by Crippen LogP contribution is 2.32. The first kappa shape index (κ1) is 9.54. The topological polar surface area (TPSA) is 31.6 Å². The summed E-state index contributed by atoms with van der Waals surface area (Å²) in [4.78, 5) is 6.78. The summed E-state index contributed by atoms with van der Waals surface area (Å²) in [7, 11) is 0. The Morgan fingerprint density at radius 1 is 0.722 bits per heavy atom. The summed E-state index contributed by atoms with van der Waals surface area (Å²) in [5.41, 5.74) is 4.74. The molecule has 0 saturated heterocycles. The van der Waals surface area contributed by atoms with Gasteiger partial charge in [-0.1, -0.05) is 36.4 Å². The molecule has 0 atom stereocenters. The molecule has 4 aromatic rings. The zero-order chi connectivity index (χ0) is 11.9. The van der Waals surface area contributed by atoms with Crippen LogP contribution in [0.4, 0.5) is 0 Å². The van der Waals surface area contributed by atoms with Gasteiger partial charge in [-0.2, -0.15) is 0 Å². The summed E-state index contributed by atoms with van der Waals surface area (Å²) in [6.07, 6.45) is 1.96. The summed E-state index contributed by atoms with van der Waals surface area (Å²) < 4.78 is 0. The van der Waals surface area contributed by atoms with Crippen molar-refractivity contribution in [1.82, 2.24) is 9.97 Å². The zero-order valence-electron chi connectivity index (χ0n) is 9.77. The Morgan fingerprint density at radius 2 is 1.61 bits per heavy atom. The third-order valence-corrected chi connectivity index (χ3v) is 3.43. The quantitative estimate of drug-likeness (QED) is 0.490. The van der Waals surface area contributed by atoms with Crippen molar-refractivity contribution in [2.24, 2.45) is 0 Å². The predicted molar refractivity (Wildman–Crippen MR) is 75.6 cm³/mol. The summed E-state index contributed by atoms with van der Waals surface area (Å²) in [6.45, 7) is 0. The number of benzene rings is 2. The molecule has 0 radical (unpaired) electrons. The van der Waals surface area contributed by atoms with E-state index in [1.54, 1.807) is 0 Å². The molecule has 0 fully saturated rings. The van der Waals surface area contributed by atoms with Crippen molar-refractivity contribution >= 4 is 21.8 Å². The zero-order valence-corrected chi connectivity index (χ0v) is 9.77. The van der Waals surface area contributed by atoms with Gasteiger partial charge in [-0.15, -0.1) is 0 Å². The number of hydrogen-bond donors (Lipinski definition) is 2. The SMILES string of the molecule is c1c[nH]c(-c2cccc3c2[nH]c2ccccc23)c1. The standard InChI is InChI=1S/C16H12N2/c1-2-8-15-11(5-1)12-6-3-7-13(16(12)18-15)14-9-4-10-17-14/h1-10,17-18H. The van der Waals surface area contributed by atoms with Crippen LogP contribution in [-0.2, 0) is 0 Å². The Balaban J connectivity index is 2.17. The third-order valence-electron chi connectivity index (χ3n) is 3.43. The Morgan fingerprint density at radius 3 is 2.50 bits per heavy atom. The van der Waals surface area contributed by atoms with Crippen LogP contribution in [-0.4, -0.2) is 9.97 Å². The van der Waals surface area contributed by atoms with Crippen LogP contribution in [0.3, 0.4) is 0 Å². The Bertz CT molecular complexity index is 823. The van der Waals surface area contributed by atoms with Crippen LogP contribution in [0.25, 0.3) is 33.1 Å². The fourth-order valence-electron chi connectivity index (χ4n) is 2.60. The van der Waals surface area contributed by atoms with Crippen LogP contribution in [0.2, 0.25) is 0 Å². The van der Waals surface area contributed by atoms with Crippen molar-refractivity contribution in [2.45, 2.75) is 0 Å². The Hall–Kier alpha value is -2.48. The van der Waals surface area contributed by atoms with Gasteiger partial charge in [-0.25, -0.2) is 0 Å². The molecule has 2 heteroatoms. The maximum Gasteiger partial charge on any atom is 0.0559 e. The second-order valence-corrected chi connectivity index (χ2v) is 4.48. The minimum absolute atomic E-state index is 1.15. The molecule has 0 saturated carbocycles. The van der Waals surface area contributed by atoms with Crippen LogP contribution in [0.15, 0.2) is 60.8 Å². The second kappa shape index (κ2) is 3.50. The molecule has 18 heavy (non-hydrogen) atoms. The first-order chi connectivity index (χ1) is 8.93. The highest BCUT2D eigenvalue weighted by atomic mass is 14.7. The lowest BCUT2D eigenvalue weighted by Gasteiger charge is -2.00. The van der Waals surface area contributed by atoms with Crippen molar-refractivity contribution in [2.75, 3.05) is 0 Å². The van der Waals surface area contributed by atoms with Gasteiger partial charge in [0.05, 0.1) is 5.52 Å². The van der Waals surface area contributed by atoms with E-state index in [9.17, 15) is 0 Å². The number of H-pyrrole nitrogens is 2. The van der Waals surface area contributed by atoms with Gasteiger partial charge >= 0.3 is 0 Å². The molecule has 2 aromatic heterocycles. The third kappa shape index (κ3) is 1.23. The smallest absolute Gasteiger partial charge is 0.0559 e. The van der Waals surface area contributed by atoms with Gasteiger partial charge in [-0.05, 0) is 18.2 Å². The number of nitrogens with one attached hydrogen (secondary N) is 2. The van der Waals surface area contributed by atoms with Gasteiger partial charge in [0.2, 0.25) is 0 Å². The minimum Gasteiger partial charge on any atom is -0.361 e. The van der Waals surface area contributed by atoms with E-state index in [2.05, 4.69) is 58.5 Å². The van der Waals surface area contributed by atoms with E-state index < -0.39 is 0 Å². The number of para-hydroxylation sites is 2. The predicted octanol–water partition coefficient (Wildman–Crippen LogP) is 4.32. The maximum absolute atomic E-state index is 3.51. The molecule has 2 aromatic carbocycles. The van der Waals surface area contributed by atoms with Crippen molar-refractivity contribution in [3.05, 3.63) is 60.8 Å². The highest BCUT2D eigenvalue weighted by Gasteiger charge is 2.08. The minimum atomic E-state index is 1.15. The number of aromatic nitrogens is 2. The molecule has 0 aliphatic carbocycles. The number of aromatic amines is 2. The first-order valence-electron chi connectivity index (χ1n) is 6.07. The molecule has 0 spiro atoms. The van der Waals surface area contributed by atoms with E-state index in [0.717, 1.165) is 5.69 Å². The molecule has 0 unspecified atom stereocenters. The second-order valence-electron chi connectivity index (χ2n) is 4.48. The molecule has 0 aliphatic rings. The monoisotopic (exact) mass is 232 g/mol. The molecule has 0 amide bonds. The van der Waals surface area contributed by atoms with Gasteiger partial charge in [0.25, 0.3) is 0 Å². The molecular formula is C16H12N2. The number of hydrogen-bond acceptors (Lipinski definition) is 0. The van der Waals surface area contributed by atoms with Crippen molar-refractivity contribution in [1.29, 1.82) is 0 Å². The summed E-state index contributed by atoms with van der Waals surface area (Å²) >= 11 is 0. The summed E-state index contributed by atoms with van der Waals surface area (Å²) in [5.74, 6) is 0. The highest BCUT2D eigenvalue weighted by molar-refractivity contribution is 6.11. The van der Waals surface area contributed by atoms with Crippen LogP contribution < -0.4 is 0 Å². The van der Waals surface area contributed by atoms with Gasteiger partial charge in [-0.3, -0.25) is 0 Å². The molecule has 0 aliphatic heterocycles. The van der Waals surface area contributed by atoms with Crippen molar-refractivity contribution in [3.63, 3.8) is 0 Å². The fraction of sp³-hybridized carbons (Fsp3) is 0. The molecule has 2 heterocycles. The van der Waals surface area contributed by atoms with Crippen molar-refractivity contribution < 1.29 is 0 Å². The largest absolute Gasteiger partial charge is 0.361 e. The normalized spacial score (nSPS) is 11.3. The average molecular weight is 232 g/mol. The summed E-state index contributed by atoms with van der Waals surface area (Å²) in [5, 5.41) is 2.55. The van der Waals surface area contributed by atoms with E-state index in [0.29, 0.717) is 0 Å². The van der Waals surface area contributed by atoms with Crippen molar-refractivity contribution in [3.8, 4) is 11.3 Å². The van der Waals surface area contributed by atoms with Gasteiger partial charge in [0.1, 0.15) is 0 Å². The number of rotatable bonds is 1. The average Bonchev–Trinajstić information content (AvgIpc) is 3.05. The van der Waals surface area contributed by atoms with Gasteiger partial charge in [0, 0.05) is 33.7 Å². The molecule has 0 bridgehead atoms. The van der Waals surface area contributed by atoms with E-state index in [4.69, 9.17) is 0 Å². The van der Waals surface area contributed by atoms with Crippen LogP contribution in [0, 0.1) is 0 Å². The molecule has 2 nitrogen and oxygen atoms in total. The Labute approximate surface area is 104 Å². The fourth-order valence-corrected chi connectivity index (χ4v) is 2.60. The van der Waals surface area contributed by atoms with E-state index in [-0.39, 0.29) is 0 Å². The van der Waals surface area contributed by atoms with Gasteiger partial charge < -0.3 is 9.97 Å². The lowest BCUT2D eigenvalue weighted by Crippen LogP contribution is -1.79. The molecule has 2 N–H and O–H groups in total.